The zero-order valence-electron chi connectivity index (χ0n) is 16.1. The summed E-state index contributed by atoms with van der Waals surface area (Å²) in [4.78, 5) is 27.0. The van der Waals surface area contributed by atoms with Crippen molar-refractivity contribution in [1.29, 1.82) is 0 Å². The maximum Gasteiger partial charge on any atom is 0.345 e. The second-order valence-corrected chi connectivity index (χ2v) is 7.77. The van der Waals surface area contributed by atoms with Crippen LogP contribution in [0, 0.1) is 5.82 Å². The van der Waals surface area contributed by atoms with Crippen LogP contribution in [0.2, 0.25) is 0 Å². The lowest BCUT2D eigenvalue weighted by molar-refractivity contribution is 0.190. The topological polar surface area (TPSA) is 72.2 Å². The van der Waals surface area contributed by atoms with Crippen molar-refractivity contribution in [2.24, 2.45) is 7.05 Å². The second kappa shape index (κ2) is 7.77. The van der Waals surface area contributed by atoms with Crippen LogP contribution in [-0.4, -0.2) is 38.4 Å². The third-order valence-electron chi connectivity index (χ3n) is 5.86. The average molecular weight is 387 g/mol. The van der Waals surface area contributed by atoms with E-state index in [1.807, 2.05) is 4.57 Å². The van der Waals surface area contributed by atoms with E-state index in [-0.39, 0.29) is 29.4 Å². The molecule has 0 bridgehead atoms. The highest BCUT2D eigenvalue weighted by molar-refractivity contribution is 5.89. The first-order valence-electron chi connectivity index (χ1n) is 10.0. The van der Waals surface area contributed by atoms with Gasteiger partial charge >= 0.3 is 11.7 Å². The highest BCUT2D eigenvalue weighted by atomic mass is 19.1. The van der Waals surface area contributed by atoms with Gasteiger partial charge in [0.05, 0.1) is 5.69 Å². The monoisotopic (exact) mass is 387 g/mol. The van der Waals surface area contributed by atoms with Crippen molar-refractivity contribution in [2.45, 2.75) is 50.5 Å². The minimum Gasteiger partial charge on any atom is -0.324 e. The Labute approximate surface area is 163 Å². The Morgan fingerprint density at radius 1 is 1.18 bits per heavy atom. The summed E-state index contributed by atoms with van der Waals surface area (Å²) in [7, 11) is 1.68. The standard InChI is InChI=1S/C20H26FN5O2/c1-24-20(28)26(15-8-2-3-9-15)18(23-24)14-7-6-12-25(13-14)19(27)22-17-11-5-4-10-16(17)21/h4-5,10-11,14-15H,2-3,6-9,12-13H2,1H3,(H,22,27). The van der Waals surface area contributed by atoms with Crippen molar-refractivity contribution in [3.8, 4) is 0 Å². The number of hydrogen-bond donors (Lipinski definition) is 1. The summed E-state index contributed by atoms with van der Waals surface area (Å²) in [5.41, 5.74) is 0.102. The van der Waals surface area contributed by atoms with Crippen molar-refractivity contribution in [3.63, 3.8) is 0 Å². The fourth-order valence-electron chi connectivity index (χ4n) is 4.41. The molecule has 0 radical (unpaired) electrons. The Bertz CT molecular complexity index is 916. The molecule has 0 spiro atoms. The number of nitrogens with zero attached hydrogens (tertiary/aromatic N) is 4. The summed E-state index contributed by atoms with van der Waals surface area (Å²) in [6, 6.07) is 6.03. The molecule has 2 amide bonds. The van der Waals surface area contributed by atoms with E-state index >= 15 is 0 Å². The minimum absolute atomic E-state index is 0.00891. The molecule has 28 heavy (non-hydrogen) atoms. The number of hydrogen-bond acceptors (Lipinski definition) is 3. The first-order chi connectivity index (χ1) is 13.5. The zero-order chi connectivity index (χ0) is 19.7. The van der Waals surface area contributed by atoms with Crippen molar-refractivity contribution in [1.82, 2.24) is 19.2 Å². The first-order valence-corrected chi connectivity index (χ1v) is 10.0. The molecule has 1 saturated heterocycles. The van der Waals surface area contributed by atoms with Gasteiger partial charge in [-0.2, -0.15) is 5.10 Å². The van der Waals surface area contributed by atoms with E-state index in [0.717, 1.165) is 44.3 Å². The highest BCUT2D eigenvalue weighted by Crippen LogP contribution is 2.33. The van der Waals surface area contributed by atoms with Gasteiger partial charge in [-0.3, -0.25) is 4.57 Å². The Morgan fingerprint density at radius 3 is 2.68 bits per heavy atom. The predicted octanol–water partition coefficient (Wildman–Crippen LogP) is 3.25. The number of amides is 2. The summed E-state index contributed by atoms with van der Waals surface area (Å²) >= 11 is 0. The van der Waals surface area contributed by atoms with Crippen molar-refractivity contribution >= 4 is 11.7 Å². The number of piperidine rings is 1. The summed E-state index contributed by atoms with van der Waals surface area (Å²) in [6.07, 6.45) is 5.98. The van der Waals surface area contributed by atoms with Crippen LogP contribution >= 0.6 is 0 Å². The van der Waals surface area contributed by atoms with Crippen LogP contribution in [0.3, 0.4) is 0 Å². The van der Waals surface area contributed by atoms with Gasteiger partial charge in [-0.1, -0.05) is 25.0 Å². The Balaban J connectivity index is 1.53. The van der Waals surface area contributed by atoms with Crippen molar-refractivity contribution in [2.75, 3.05) is 18.4 Å². The predicted molar refractivity (Wildman–Crippen MR) is 104 cm³/mol. The van der Waals surface area contributed by atoms with E-state index in [1.54, 1.807) is 30.1 Å². The summed E-state index contributed by atoms with van der Waals surface area (Å²) < 4.78 is 17.1. The van der Waals surface area contributed by atoms with Gasteiger partial charge in [0, 0.05) is 32.1 Å². The van der Waals surface area contributed by atoms with Gasteiger partial charge < -0.3 is 10.2 Å². The molecule has 1 aliphatic heterocycles. The number of para-hydroxylation sites is 1. The lowest BCUT2D eigenvalue weighted by Crippen LogP contribution is -2.42. The molecule has 150 valence electrons. The molecule has 2 aromatic rings. The molecular formula is C20H26FN5O2. The molecule has 1 N–H and O–H groups in total. The van der Waals surface area contributed by atoms with Gasteiger partial charge in [0.25, 0.3) is 0 Å². The number of nitrogens with one attached hydrogen (secondary N) is 1. The average Bonchev–Trinajstić information content (AvgIpc) is 3.32. The fraction of sp³-hybridized carbons (Fsp3) is 0.550. The Morgan fingerprint density at radius 2 is 1.93 bits per heavy atom. The van der Waals surface area contributed by atoms with Crippen molar-refractivity contribution in [3.05, 3.63) is 46.4 Å². The van der Waals surface area contributed by atoms with Gasteiger partial charge in [0.1, 0.15) is 11.6 Å². The van der Waals surface area contributed by atoms with Crippen LogP contribution in [0.5, 0.6) is 0 Å². The number of rotatable bonds is 3. The maximum absolute atomic E-state index is 13.8. The van der Waals surface area contributed by atoms with E-state index in [4.69, 9.17) is 0 Å². The molecular weight excluding hydrogens is 361 g/mol. The first kappa shape index (κ1) is 18.7. The molecule has 1 saturated carbocycles. The van der Waals surface area contributed by atoms with Gasteiger partial charge in [0.15, 0.2) is 0 Å². The molecule has 4 rings (SSSR count). The highest BCUT2D eigenvalue weighted by Gasteiger charge is 2.32. The lowest BCUT2D eigenvalue weighted by atomic mass is 9.97. The molecule has 2 aliphatic rings. The van der Waals surface area contributed by atoms with Gasteiger partial charge in [0.2, 0.25) is 0 Å². The van der Waals surface area contributed by atoms with Crippen LogP contribution in [0.15, 0.2) is 29.1 Å². The summed E-state index contributed by atoms with van der Waals surface area (Å²) in [5.74, 6) is 0.335. The molecule has 1 unspecified atom stereocenters. The van der Waals surface area contributed by atoms with E-state index < -0.39 is 5.82 Å². The van der Waals surface area contributed by atoms with Gasteiger partial charge in [-0.15, -0.1) is 0 Å². The lowest BCUT2D eigenvalue weighted by Gasteiger charge is -2.32. The number of halogens is 1. The third-order valence-corrected chi connectivity index (χ3v) is 5.86. The smallest absolute Gasteiger partial charge is 0.324 e. The van der Waals surface area contributed by atoms with E-state index in [9.17, 15) is 14.0 Å². The zero-order valence-corrected chi connectivity index (χ0v) is 16.1. The number of aryl methyl sites for hydroxylation is 1. The molecule has 1 atom stereocenters. The summed E-state index contributed by atoms with van der Waals surface area (Å²) in [6.45, 7) is 1.08. The van der Waals surface area contributed by atoms with E-state index in [0.29, 0.717) is 13.1 Å². The number of urea groups is 1. The quantitative estimate of drug-likeness (QED) is 0.879. The number of benzene rings is 1. The van der Waals surface area contributed by atoms with E-state index in [2.05, 4.69) is 10.4 Å². The molecule has 1 aromatic heterocycles. The largest absolute Gasteiger partial charge is 0.345 e. The van der Waals surface area contributed by atoms with Crippen LogP contribution in [-0.2, 0) is 7.05 Å². The molecule has 1 aliphatic carbocycles. The number of likely N-dealkylation sites (tertiary alicyclic amines) is 1. The minimum atomic E-state index is -0.454. The van der Waals surface area contributed by atoms with Gasteiger partial charge in [-0.25, -0.2) is 18.7 Å². The van der Waals surface area contributed by atoms with Crippen molar-refractivity contribution < 1.29 is 9.18 Å². The number of carbonyl (C=O) groups is 1. The molecule has 2 fully saturated rings. The number of carbonyl (C=O) groups excluding carboxylic acids is 1. The Hall–Kier alpha value is -2.64. The van der Waals surface area contributed by atoms with Crippen LogP contribution in [0.1, 0.15) is 56.3 Å². The van der Waals surface area contributed by atoms with E-state index in [1.165, 1.54) is 10.7 Å². The molecule has 1 aromatic carbocycles. The second-order valence-electron chi connectivity index (χ2n) is 7.77. The molecule has 8 heteroatoms. The molecule has 7 nitrogen and oxygen atoms in total. The number of anilines is 1. The Kier molecular flexibility index (Phi) is 5.19. The summed E-state index contributed by atoms with van der Waals surface area (Å²) in [5, 5.41) is 7.18. The fourth-order valence-corrected chi connectivity index (χ4v) is 4.41. The SMILES string of the molecule is Cn1nc(C2CCCN(C(=O)Nc3ccccc3F)C2)n(C2CCCC2)c1=O. The maximum atomic E-state index is 13.8. The number of aromatic nitrogens is 3. The van der Waals surface area contributed by atoms with Gasteiger partial charge in [-0.05, 0) is 37.8 Å². The normalized spacial score (nSPS) is 20.5. The third kappa shape index (κ3) is 3.55. The van der Waals surface area contributed by atoms with Crippen LogP contribution in [0.4, 0.5) is 14.9 Å². The van der Waals surface area contributed by atoms with Crippen LogP contribution in [0.25, 0.3) is 0 Å². The molecule has 2 heterocycles. The van der Waals surface area contributed by atoms with Crippen LogP contribution < -0.4 is 11.0 Å².